The van der Waals surface area contributed by atoms with Gasteiger partial charge in [0.2, 0.25) is 0 Å². The van der Waals surface area contributed by atoms with Gasteiger partial charge in [-0.2, -0.15) is 0 Å². The maximum atomic E-state index is 12.4. The number of nitrogens with two attached hydrogens (primary N) is 1. The third-order valence-electron chi connectivity index (χ3n) is 4.28. The lowest BCUT2D eigenvalue weighted by atomic mass is 10.0. The van der Waals surface area contributed by atoms with Gasteiger partial charge >= 0.3 is 0 Å². The van der Waals surface area contributed by atoms with Gasteiger partial charge in [0.1, 0.15) is 5.82 Å². The number of carbonyl (C=O) groups excluding carboxylic acids is 1. The van der Waals surface area contributed by atoms with Crippen molar-refractivity contribution in [2.75, 3.05) is 24.5 Å². The summed E-state index contributed by atoms with van der Waals surface area (Å²) in [4.78, 5) is 23.1. The Kier molecular flexibility index (Phi) is 5.38. The Morgan fingerprint density at radius 1 is 1.29 bits per heavy atom. The van der Waals surface area contributed by atoms with Crippen molar-refractivity contribution < 1.29 is 4.79 Å². The maximum absolute atomic E-state index is 12.4. The van der Waals surface area contributed by atoms with Gasteiger partial charge in [0.25, 0.3) is 5.91 Å². The van der Waals surface area contributed by atoms with Crippen molar-refractivity contribution >= 4 is 11.7 Å². The van der Waals surface area contributed by atoms with Gasteiger partial charge in [-0.15, -0.1) is 0 Å². The van der Waals surface area contributed by atoms with Crippen LogP contribution in [0.5, 0.6) is 0 Å². The molecule has 2 aromatic rings. The summed E-state index contributed by atoms with van der Waals surface area (Å²) in [6, 6.07) is 7.79. The number of piperidine rings is 1. The number of rotatable bonds is 5. The molecular formula is C18H23N5O. The first-order chi connectivity index (χ1) is 11.8. The van der Waals surface area contributed by atoms with Crippen LogP contribution in [0, 0.1) is 0 Å². The molecule has 1 aromatic carbocycles. The Morgan fingerprint density at radius 3 is 2.83 bits per heavy atom. The first-order valence-electron chi connectivity index (χ1n) is 8.37. The fourth-order valence-electron chi connectivity index (χ4n) is 3.02. The van der Waals surface area contributed by atoms with Gasteiger partial charge in [-0.05, 0) is 43.5 Å². The third kappa shape index (κ3) is 4.08. The Bertz CT molecular complexity index is 659. The Hall–Kier alpha value is -2.47. The van der Waals surface area contributed by atoms with Crippen LogP contribution in [0.25, 0.3) is 0 Å². The molecule has 3 N–H and O–H groups in total. The minimum atomic E-state index is -0.0275. The van der Waals surface area contributed by atoms with Gasteiger partial charge in [0, 0.05) is 37.1 Å². The van der Waals surface area contributed by atoms with Gasteiger partial charge in [0.05, 0.1) is 6.20 Å². The SMILES string of the molecule is NCCc1ccc(C(=O)NC2CCCN(c3cnccn3)C2)cc1. The molecule has 0 radical (unpaired) electrons. The largest absolute Gasteiger partial charge is 0.353 e. The summed E-state index contributed by atoms with van der Waals surface area (Å²) in [5.41, 5.74) is 7.39. The van der Waals surface area contributed by atoms with Crippen LogP contribution in [0.4, 0.5) is 5.82 Å². The Morgan fingerprint density at radius 2 is 2.12 bits per heavy atom. The molecule has 24 heavy (non-hydrogen) atoms. The standard InChI is InChI=1S/C18H23N5O/c19-8-7-14-3-5-15(6-4-14)18(24)22-16-2-1-11-23(13-16)17-12-20-9-10-21-17/h3-6,9-10,12,16H,1-2,7-8,11,13,19H2,(H,22,24). The maximum Gasteiger partial charge on any atom is 0.251 e. The van der Waals surface area contributed by atoms with Crippen LogP contribution < -0.4 is 16.0 Å². The molecule has 2 heterocycles. The number of benzene rings is 1. The summed E-state index contributed by atoms with van der Waals surface area (Å²) in [5, 5.41) is 3.13. The molecule has 6 nitrogen and oxygen atoms in total. The van der Waals surface area contributed by atoms with Gasteiger partial charge < -0.3 is 16.0 Å². The van der Waals surface area contributed by atoms with E-state index >= 15 is 0 Å². The molecule has 0 spiro atoms. The van der Waals surface area contributed by atoms with E-state index < -0.39 is 0 Å². The zero-order chi connectivity index (χ0) is 16.8. The topological polar surface area (TPSA) is 84.1 Å². The molecule has 1 aliphatic heterocycles. The summed E-state index contributed by atoms with van der Waals surface area (Å²) in [5.74, 6) is 0.836. The molecule has 0 saturated carbocycles. The van der Waals surface area contributed by atoms with Crippen molar-refractivity contribution in [1.29, 1.82) is 0 Å². The molecule has 3 rings (SSSR count). The normalized spacial score (nSPS) is 17.5. The van der Waals surface area contributed by atoms with Crippen LogP contribution in [0.1, 0.15) is 28.8 Å². The second-order valence-corrected chi connectivity index (χ2v) is 6.06. The molecule has 126 valence electrons. The average Bonchev–Trinajstić information content (AvgIpc) is 2.63. The highest BCUT2D eigenvalue weighted by Crippen LogP contribution is 2.17. The molecule has 6 heteroatoms. The number of hydrogen-bond donors (Lipinski definition) is 2. The average molecular weight is 325 g/mol. The number of aromatic nitrogens is 2. The number of hydrogen-bond acceptors (Lipinski definition) is 5. The summed E-state index contributed by atoms with van der Waals surface area (Å²) in [6.45, 7) is 2.32. The first kappa shape index (κ1) is 16.4. The lowest BCUT2D eigenvalue weighted by Gasteiger charge is -2.33. The molecule has 0 aliphatic carbocycles. The summed E-state index contributed by atoms with van der Waals surface area (Å²) in [6.07, 6.45) is 7.96. The van der Waals surface area contributed by atoms with Crippen LogP contribution in [-0.4, -0.2) is 41.6 Å². The smallest absolute Gasteiger partial charge is 0.251 e. The van der Waals surface area contributed by atoms with Crippen LogP contribution in [0.3, 0.4) is 0 Å². The van der Waals surface area contributed by atoms with E-state index in [-0.39, 0.29) is 11.9 Å². The van der Waals surface area contributed by atoms with E-state index in [1.54, 1.807) is 18.6 Å². The highest BCUT2D eigenvalue weighted by atomic mass is 16.1. The molecule has 1 aliphatic rings. The first-order valence-corrected chi connectivity index (χ1v) is 8.37. The molecule has 1 fully saturated rings. The second-order valence-electron chi connectivity index (χ2n) is 6.06. The molecule has 1 aromatic heterocycles. The van der Waals surface area contributed by atoms with Gasteiger partial charge in [-0.25, -0.2) is 4.98 Å². The van der Waals surface area contributed by atoms with Crippen LogP contribution in [0.2, 0.25) is 0 Å². The van der Waals surface area contributed by atoms with E-state index in [1.165, 1.54) is 0 Å². The fourth-order valence-corrected chi connectivity index (χ4v) is 3.02. The van der Waals surface area contributed by atoms with Crippen LogP contribution in [0.15, 0.2) is 42.9 Å². The van der Waals surface area contributed by atoms with Crippen LogP contribution >= 0.6 is 0 Å². The van der Waals surface area contributed by atoms with E-state index in [0.29, 0.717) is 12.1 Å². The van der Waals surface area contributed by atoms with Gasteiger partial charge in [-0.1, -0.05) is 12.1 Å². The van der Waals surface area contributed by atoms with Crippen molar-refractivity contribution in [1.82, 2.24) is 15.3 Å². The Labute approximate surface area is 142 Å². The third-order valence-corrected chi connectivity index (χ3v) is 4.28. The van der Waals surface area contributed by atoms with Crippen molar-refractivity contribution in [3.05, 3.63) is 54.0 Å². The number of nitrogens with one attached hydrogen (secondary N) is 1. The van der Waals surface area contributed by atoms with Crippen molar-refractivity contribution in [2.24, 2.45) is 5.73 Å². The van der Waals surface area contributed by atoms with Crippen molar-refractivity contribution in [3.63, 3.8) is 0 Å². The number of anilines is 1. The van der Waals surface area contributed by atoms with Gasteiger partial charge in [-0.3, -0.25) is 9.78 Å². The molecule has 1 atom stereocenters. The Balaban J connectivity index is 1.59. The van der Waals surface area contributed by atoms with E-state index in [1.807, 2.05) is 24.3 Å². The van der Waals surface area contributed by atoms with Crippen molar-refractivity contribution in [2.45, 2.75) is 25.3 Å². The molecule has 1 unspecified atom stereocenters. The number of amides is 1. The molecule has 1 amide bonds. The monoisotopic (exact) mass is 325 g/mol. The van der Waals surface area contributed by atoms with E-state index in [2.05, 4.69) is 20.2 Å². The van der Waals surface area contributed by atoms with Gasteiger partial charge in [0.15, 0.2) is 0 Å². The number of carbonyl (C=O) groups is 1. The van der Waals surface area contributed by atoms with E-state index in [4.69, 9.17) is 5.73 Å². The number of nitrogens with zero attached hydrogens (tertiary/aromatic N) is 3. The molecule has 0 bridgehead atoms. The highest BCUT2D eigenvalue weighted by molar-refractivity contribution is 5.94. The molecular weight excluding hydrogens is 302 g/mol. The fraction of sp³-hybridized carbons (Fsp3) is 0.389. The quantitative estimate of drug-likeness (QED) is 0.867. The van der Waals surface area contributed by atoms with Crippen LogP contribution in [-0.2, 0) is 6.42 Å². The predicted octanol–water partition coefficient (Wildman–Crippen LogP) is 1.38. The molecule has 1 saturated heterocycles. The van der Waals surface area contributed by atoms with E-state index in [9.17, 15) is 4.79 Å². The van der Waals surface area contributed by atoms with Crippen molar-refractivity contribution in [3.8, 4) is 0 Å². The van der Waals surface area contributed by atoms with E-state index in [0.717, 1.165) is 43.7 Å². The zero-order valence-corrected chi connectivity index (χ0v) is 13.7. The zero-order valence-electron chi connectivity index (χ0n) is 13.7. The summed E-state index contributed by atoms with van der Waals surface area (Å²) in [7, 11) is 0. The summed E-state index contributed by atoms with van der Waals surface area (Å²) < 4.78 is 0. The lowest BCUT2D eigenvalue weighted by molar-refractivity contribution is 0.0933. The highest BCUT2D eigenvalue weighted by Gasteiger charge is 2.22. The summed E-state index contributed by atoms with van der Waals surface area (Å²) >= 11 is 0. The minimum Gasteiger partial charge on any atom is -0.353 e. The minimum absolute atomic E-state index is 0.0275. The predicted molar refractivity (Wildman–Crippen MR) is 93.9 cm³/mol. The lowest BCUT2D eigenvalue weighted by Crippen LogP contribution is -2.48. The second kappa shape index (κ2) is 7.88.